The van der Waals surface area contributed by atoms with Gasteiger partial charge < -0.3 is 15.0 Å². The molecule has 1 N–H and O–H groups in total. The summed E-state index contributed by atoms with van der Waals surface area (Å²) in [4.78, 5) is 26.7. The standard InChI is InChI=1S/C21H25ClFN3O5S/c1-14(21(28)24-2)25(12-15-5-7-16(23)8-6-15)20(27)13-26(32(4,29)30)17-9-10-19(31-3)18(22)11-17/h5-11,14H,12-13H2,1-4H3,(H,24,28). The highest BCUT2D eigenvalue weighted by molar-refractivity contribution is 7.92. The Morgan fingerprint density at radius 2 is 1.81 bits per heavy atom. The molecule has 0 aliphatic heterocycles. The fourth-order valence-corrected chi connectivity index (χ4v) is 4.10. The molecule has 1 unspecified atom stereocenters. The van der Waals surface area contributed by atoms with Crippen molar-refractivity contribution in [3.63, 3.8) is 0 Å². The Morgan fingerprint density at radius 1 is 1.19 bits per heavy atom. The van der Waals surface area contributed by atoms with Crippen molar-refractivity contribution >= 4 is 39.1 Å². The number of ether oxygens (including phenoxy) is 1. The predicted molar refractivity (Wildman–Crippen MR) is 121 cm³/mol. The van der Waals surface area contributed by atoms with E-state index in [2.05, 4.69) is 5.32 Å². The fourth-order valence-electron chi connectivity index (χ4n) is 3.00. The van der Waals surface area contributed by atoms with Crippen molar-refractivity contribution in [3.05, 3.63) is 58.9 Å². The molecule has 0 bridgehead atoms. The van der Waals surface area contributed by atoms with E-state index in [0.29, 0.717) is 11.3 Å². The number of hydrogen-bond donors (Lipinski definition) is 1. The highest BCUT2D eigenvalue weighted by Crippen LogP contribution is 2.30. The quantitative estimate of drug-likeness (QED) is 0.588. The van der Waals surface area contributed by atoms with Crippen molar-refractivity contribution in [2.24, 2.45) is 0 Å². The summed E-state index contributed by atoms with van der Waals surface area (Å²) in [6.07, 6.45) is 0.963. The molecule has 0 saturated carbocycles. The molecule has 32 heavy (non-hydrogen) atoms. The van der Waals surface area contributed by atoms with Gasteiger partial charge in [0.15, 0.2) is 0 Å². The Balaban J connectivity index is 2.39. The summed E-state index contributed by atoms with van der Waals surface area (Å²) in [6, 6.07) is 8.89. The highest BCUT2D eigenvalue weighted by atomic mass is 35.5. The molecule has 0 aliphatic rings. The Hall–Kier alpha value is -2.85. The number of halogens is 2. The molecular formula is C21H25ClFN3O5S. The van der Waals surface area contributed by atoms with Crippen LogP contribution < -0.4 is 14.4 Å². The van der Waals surface area contributed by atoms with E-state index in [-0.39, 0.29) is 17.3 Å². The van der Waals surface area contributed by atoms with Crippen LogP contribution in [0.4, 0.5) is 10.1 Å². The summed E-state index contributed by atoms with van der Waals surface area (Å²) in [7, 11) is -1.02. The van der Waals surface area contributed by atoms with Gasteiger partial charge in [0.05, 0.1) is 24.1 Å². The second kappa shape index (κ2) is 10.6. The second-order valence-electron chi connectivity index (χ2n) is 7.03. The van der Waals surface area contributed by atoms with Gasteiger partial charge in [-0.1, -0.05) is 23.7 Å². The molecule has 0 aliphatic carbocycles. The van der Waals surface area contributed by atoms with E-state index >= 15 is 0 Å². The third kappa shape index (κ3) is 6.33. The largest absolute Gasteiger partial charge is 0.495 e. The molecule has 2 amide bonds. The van der Waals surface area contributed by atoms with Crippen LogP contribution in [-0.4, -0.2) is 58.1 Å². The highest BCUT2D eigenvalue weighted by Gasteiger charge is 2.30. The van der Waals surface area contributed by atoms with Crippen LogP contribution in [0.3, 0.4) is 0 Å². The van der Waals surface area contributed by atoms with Crippen LogP contribution in [0.1, 0.15) is 12.5 Å². The number of rotatable bonds is 9. The Morgan fingerprint density at radius 3 is 2.31 bits per heavy atom. The van der Waals surface area contributed by atoms with E-state index < -0.39 is 40.2 Å². The molecule has 0 saturated heterocycles. The lowest BCUT2D eigenvalue weighted by atomic mass is 10.1. The van der Waals surface area contributed by atoms with E-state index in [4.69, 9.17) is 16.3 Å². The Kier molecular flexibility index (Phi) is 8.45. The third-order valence-corrected chi connectivity index (χ3v) is 6.22. The van der Waals surface area contributed by atoms with Gasteiger partial charge in [0.1, 0.15) is 24.2 Å². The number of benzene rings is 2. The van der Waals surface area contributed by atoms with E-state index in [1.54, 1.807) is 0 Å². The maximum Gasteiger partial charge on any atom is 0.244 e. The minimum Gasteiger partial charge on any atom is -0.495 e. The number of sulfonamides is 1. The number of nitrogens with one attached hydrogen (secondary N) is 1. The minimum atomic E-state index is -3.88. The second-order valence-corrected chi connectivity index (χ2v) is 9.34. The molecule has 0 radical (unpaired) electrons. The first-order valence-electron chi connectivity index (χ1n) is 9.54. The van der Waals surface area contributed by atoms with Crippen molar-refractivity contribution in [1.29, 1.82) is 0 Å². The van der Waals surface area contributed by atoms with Gasteiger partial charge >= 0.3 is 0 Å². The molecule has 0 spiro atoms. The average Bonchev–Trinajstić information content (AvgIpc) is 2.75. The molecule has 11 heteroatoms. The maximum absolute atomic E-state index is 13.3. The van der Waals surface area contributed by atoms with E-state index in [9.17, 15) is 22.4 Å². The molecule has 8 nitrogen and oxygen atoms in total. The van der Waals surface area contributed by atoms with Gasteiger partial charge in [-0.15, -0.1) is 0 Å². The molecule has 0 aromatic heterocycles. The lowest BCUT2D eigenvalue weighted by molar-refractivity contribution is -0.139. The van der Waals surface area contributed by atoms with Crippen LogP contribution in [-0.2, 0) is 26.2 Å². The molecule has 2 aromatic carbocycles. The van der Waals surface area contributed by atoms with Gasteiger partial charge in [-0.3, -0.25) is 13.9 Å². The van der Waals surface area contributed by atoms with E-state index in [0.717, 1.165) is 10.6 Å². The maximum atomic E-state index is 13.3. The van der Waals surface area contributed by atoms with Crippen LogP contribution >= 0.6 is 11.6 Å². The van der Waals surface area contributed by atoms with Crippen LogP contribution in [0.15, 0.2) is 42.5 Å². The zero-order valence-electron chi connectivity index (χ0n) is 18.1. The van der Waals surface area contributed by atoms with Gasteiger partial charge in [-0.05, 0) is 42.8 Å². The summed E-state index contributed by atoms with van der Waals surface area (Å²) >= 11 is 6.13. The van der Waals surface area contributed by atoms with E-state index in [1.165, 1.54) is 68.4 Å². The molecule has 174 valence electrons. The van der Waals surface area contributed by atoms with Crippen molar-refractivity contribution in [3.8, 4) is 5.75 Å². The van der Waals surface area contributed by atoms with Crippen LogP contribution in [0.5, 0.6) is 5.75 Å². The molecule has 0 heterocycles. The number of hydrogen-bond acceptors (Lipinski definition) is 5. The van der Waals surface area contributed by atoms with Crippen LogP contribution in [0.2, 0.25) is 5.02 Å². The third-order valence-electron chi connectivity index (χ3n) is 4.78. The SMILES string of the molecule is CNC(=O)C(C)N(Cc1ccc(F)cc1)C(=O)CN(c1ccc(OC)c(Cl)c1)S(C)(=O)=O. The number of likely N-dealkylation sites (N-methyl/N-ethyl adjacent to an activating group) is 1. The zero-order chi connectivity index (χ0) is 24.1. The number of methoxy groups -OCH3 is 1. The fraction of sp³-hybridized carbons (Fsp3) is 0.333. The normalized spacial score (nSPS) is 12.1. The molecule has 0 fully saturated rings. The number of amides is 2. The van der Waals surface area contributed by atoms with Gasteiger partial charge in [-0.2, -0.15) is 0 Å². The van der Waals surface area contributed by atoms with Crippen LogP contribution in [0.25, 0.3) is 0 Å². The van der Waals surface area contributed by atoms with Crippen molar-refractivity contribution in [2.75, 3.05) is 31.3 Å². The van der Waals surface area contributed by atoms with Gasteiger partial charge in [0.2, 0.25) is 21.8 Å². The van der Waals surface area contributed by atoms with Gasteiger partial charge in [-0.25, -0.2) is 12.8 Å². The van der Waals surface area contributed by atoms with Crippen molar-refractivity contribution in [2.45, 2.75) is 19.5 Å². The lowest BCUT2D eigenvalue weighted by Gasteiger charge is -2.31. The van der Waals surface area contributed by atoms with E-state index in [1.807, 2.05) is 0 Å². The summed E-state index contributed by atoms with van der Waals surface area (Å²) < 4.78 is 44.2. The number of nitrogens with zero attached hydrogens (tertiary/aromatic N) is 2. The molecule has 1 atom stereocenters. The summed E-state index contributed by atoms with van der Waals surface area (Å²) in [5.74, 6) is -1.14. The average molecular weight is 486 g/mol. The van der Waals surface area contributed by atoms with Gasteiger partial charge in [0, 0.05) is 13.6 Å². The lowest BCUT2D eigenvalue weighted by Crippen LogP contribution is -2.50. The number of carbonyl (C=O) groups is 2. The molecule has 2 rings (SSSR count). The smallest absolute Gasteiger partial charge is 0.244 e. The van der Waals surface area contributed by atoms with Crippen molar-refractivity contribution < 1.29 is 27.1 Å². The monoisotopic (exact) mass is 485 g/mol. The summed E-state index contributed by atoms with van der Waals surface area (Å²) in [5.41, 5.74) is 0.745. The zero-order valence-corrected chi connectivity index (χ0v) is 19.7. The summed E-state index contributed by atoms with van der Waals surface area (Å²) in [6.45, 7) is 0.938. The first-order valence-corrected chi connectivity index (χ1v) is 11.8. The van der Waals surface area contributed by atoms with Crippen LogP contribution in [0, 0.1) is 5.82 Å². The topological polar surface area (TPSA) is 96.0 Å². The Bertz CT molecular complexity index is 1080. The number of carbonyl (C=O) groups excluding carboxylic acids is 2. The van der Waals surface area contributed by atoms with Gasteiger partial charge in [0.25, 0.3) is 0 Å². The Labute approximate surface area is 192 Å². The summed E-state index contributed by atoms with van der Waals surface area (Å²) in [5, 5.41) is 2.65. The number of anilines is 1. The predicted octanol–water partition coefficient (Wildman–Crippen LogP) is 2.42. The van der Waals surface area contributed by atoms with Crippen molar-refractivity contribution in [1.82, 2.24) is 10.2 Å². The first kappa shape index (κ1) is 25.4. The molecule has 2 aromatic rings. The first-order chi connectivity index (χ1) is 15.0. The minimum absolute atomic E-state index is 0.0192. The molecular weight excluding hydrogens is 461 g/mol.